The van der Waals surface area contributed by atoms with E-state index in [1.54, 1.807) is 18.2 Å². The lowest BCUT2D eigenvalue weighted by Crippen LogP contribution is -2.43. The van der Waals surface area contributed by atoms with Crippen LogP contribution in [-0.4, -0.2) is 18.6 Å². The molecule has 2 atom stereocenters. The van der Waals surface area contributed by atoms with Crippen LogP contribution in [0.15, 0.2) is 18.2 Å². The number of halogens is 3. The van der Waals surface area contributed by atoms with E-state index in [0.717, 1.165) is 12.0 Å². The van der Waals surface area contributed by atoms with Crippen LogP contribution in [-0.2, 0) is 15.3 Å². The number of alkyl halides is 1. The highest BCUT2D eigenvalue weighted by molar-refractivity contribution is 6.35. The molecule has 1 aromatic rings. The van der Waals surface area contributed by atoms with E-state index in [-0.39, 0.29) is 12.0 Å². The molecule has 1 fully saturated rings. The van der Waals surface area contributed by atoms with Crippen molar-refractivity contribution >= 4 is 34.8 Å². The lowest BCUT2D eigenvalue weighted by Gasteiger charge is -2.39. The Morgan fingerprint density at radius 3 is 2.76 bits per heavy atom. The summed E-state index contributed by atoms with van der Waals surface area (Å²) >= 11 is 18.1. The first-order chi connectivity index (χ1) is 8.07. The molecule has 1 heterocycles. The molecule has 2 nitrogen and oxygen atoms in total. The maximum atomic E-state index is 6.18. The molecule has 0 saturated carbocycles. The first kappa shape index (κ1) is 13.4. The molecule has 1 saturated heterocycles. The van der Waals surface area contributed by atoms with Crippen molar-refractivity contribution in [2.75, 3.05) is 12.5 Å². The maximum Gasteiger partial charge on any atom is 0.210 e. The lowest BCUT2D eigenvalue weighted by atomic mass is 10.1. The highest BCUT2D eigenvalue weighted by Gasteiger charge is 2.40. The van der Waals surface area contributed by atoms with E-state index in [2.05, 4.69) is 0 Å². The normalized spacial score (nSPS) is 29.3. The maximum absolute atomic E-state index is 6.18. The summed E-state index contributed by atoms with van der Waals surface area (Å²) in [5, 5.41) is 1.08. The van der Waals surface area contributed by atoms with E-state index < -0.39 is 5.79 Å². The molecule has 0 bridgehead atoms. The quantitative estimate of drug-likeness (QED) is 0.761. The minimum atomic E-state index is -0.957. The highest BCUT2D eigenvalue weighted by atomic mass is 35.5. The van der Waals surface area contributed by atoms with E-state index in [1.165, 1.54) is 0 Å². The average molecular weight is 296 g/mol. The predicted molar refractivity (Wildman–Crippen MR) is 70.0 cm³/mol. The summed E-state index contributed by atoms with van der Waals surface area (Å²) in [4.78, 5) is 0. The van der Waals surface area contributed by atoms with Crippen LogP contribution in [0, 0.1) is 0 Å². The molecular formula is C12H13Cl3O2. The first-order valence-electron chi connectivity index (χ1n) is 5.41. The van der Waals surface area contributed by atoms with Gasteiger partial charge in [-0.1, -0.05) is 29.3 Å². The molecule has 0 spiro atoms. The molecule has 5 heteroatoms. The Bertz CT molecular complexity index is 411. The Morgan fingerprint density at radius 2 is 2.18 bits per heavy atom. The van der Waals surface area contributed by atoms with Gasteiger partial charge in [-0.3, -0.25) is 0 Å². The number of hydrogen-bond acceptors (Lipinski definition) is 2. The summed E-state index contributed by atoms with van der Waals surface area (Å²) in [7, 11) is 0. The van der Waals surface area contributed by atoms with Gasteiger partial charge in [0.15, 0.2) is 0 Å². The summed E-state index contributed by atoms with van der Waals surface area (Å²) in [6.07, 6.45) is 0.943. The van der Waals surface area contributed by atoms with Gasteiger partial charge in [0, 0.05) is 10.6 Å². The highest BCUT2D eigenvalue weighted by Crippen LogP contribution is 2.38. The van der Waals surface area contributed by atoms with Crippen molar-refractivity contribution in [2.45, 2.75) is 25.2 Å². The molecule has 1 aliphatic rings. The van der Waals surface area contributed by atoms with E-state index in [4.69, 9.17) is 44.3 Å². The first-order valence-corrected chi connectivity index (χ1v) is 6.70. The summed E-state index contributed by atoms with van der Waals surface area (Å²) in [5.74, 6) is -0.764. The monoisotopic (exact) mass is 294 g/mol. The van der Waals surface area contributed by atoms with E-state index >= 15 is 0 Å². The van der Waals surface area contributed by atoms with Crippen molar-refractivity contribution in [2.24, 2.45) is 0 Å². The number of ether oxygens (including phenoxy) is 2. The predicted octanol–water partition coefficient (Wildman–Crippen LogP) is 4.21. The topological polar surface area (TPSA) is 18.5 Å². The van der Waals surface area contributed by atoms with Gasteiger partial charge < -0.3 is 9.47 Å². The Hall–Kier alpha value is 0.01000. The molecule has 0 N–H and O–H groups in total. The zero-order chi connectivity index (χ0) is 12.5. The van der Waals surface area contributed by atoms with Gasteiger partial charge in [0.05, 0.1) is 23.6 Å². The molecule has 2 unspecified atom stereocenters. The van der Waals surface area contributed by atoms with Crippen LogP contribution in [0.5, 0.6) is 0 Å². The van der Waals surface area contributed by atoms with E-state index in [9.17, 15) is 0 Å². The van der Waals surface area contributed by atoms with Crippen LogP contribution in [0.2, 0.25) is 10.0 Å². The molecule has 17 heavy (non-hydrogen) atoms. The zero-order valence-corrected chi connectivity index (χ0v) is 11.6. The number of rotatable bonds is 2. The van der Waals surface area contributed by atoms with Gasteiger partial charge in [-0.25, -0.2) is 0 Å². The van der Waals surface area contributed by atoms with E-state index in [0.29, 0.717) is 16.7 Å². The van der Waals surface area contributed by atoms with Crippen LogP contribution in [0.4, 0.5) is 0 Å². The van der Waals surface area contributed by atoms with Crippen LogP contribution in [0.1, 0.15) is 18.9 Å². The molecule has 0 aliphatic carbocycles. The standard InChI is InChI=1S/C12H13Cl3O2/c1-8-4-5-16-12(7-13,17-8)10-3-2-9(14)6-11(10)15/h2-3,6,8H,4-5,7H2,1H3. The third kappa shape index (κ3) is 2.72. The largest absolute Gasteiger partial charge is 0.345 e. The SMILES string of the molecule is CC1CCOC(CCl)(c2ccc(Cl)cc2Cl)O1. The minimum absolute atomic E-state index is 0.0919. The second kappa shape index (κ2) is 5.33. The summed E-state index contributed by atoms with van der Waals surface area (Å²) in [6.45, 7) is 2.60. The van der Waals surface area contributed by atoms with Gasteiger partial charge in [0.1, 0.15) is 0 Å². The van der Waals surface area contributed by atoms with Crippen molar-refractivity contribution in [1.29, 1.82) is 0 Å². The van der Waals surface area contributed by atoms with Crippen LogP contribution >= 0.6 is 34.8 Å². The van der Waals surface area contributed by atoms with Crippen LogP contribution in [0.25, 0.3) is 0 Å². The smallest absolute Gasteiger partial charge is 0.210 e. The van der Waals surface area contributed by atoms with Crippen molar-refractivity contribution in [3.63, 3.8) is 0 Å². The van der Waals surface area contributed by atoms with Crippen molar-refractivity contribution in [1.82, 2.24) is 0 Å². The molecule has 2 rings (SSSR count). The average Bonchev–Trinajstić information content (AvgIpc) is 2.28. The third-order valence-corrected chi connectivity index (χ3v) is 3.67. The van der Waals surface area contributed by atoms with Crippen molar-refractivity contribution in [3.8, 4) is 0 Å². The Kier molecular flexibility index (Phi) is 4.22. The van der Waals surface area contributed by atoms with Crippen LogP contribution < -0.4 is 0 Å². The molecule has 1 aliphatic heterocycles. The van der Waals surface area contributed by atoms with E-state index in [1.807, 2.05) is 6.92 Å². The van der Waals surface area contributed by atoms with Gasteiger partial charge in [0.25, 0.3) is 0 Å². The third-order valence-electron chi connectivity index (χ3n) is 2.77. The van der Waals surface area contributed by atoms with Gasteiger partial charge in [-0.15, -0.1) is 11.6 Å². The minimum Gasteiger partial charge on any atom is -0.345 e. The van der Waals surface area contributed by atoms with Gasteiger partial charge in [-0.05, 0) is 25.5 Å². The molecule has 0 amide bonds. The van der Waals surface area contributed by atoms with Crippen molar-refractivity contribution in [3.05, 3.63) is 33.8 Å². The fourth-order valence-electron chi connectivity index (χ4n) is 1.89. The summed E-state index contributed by atoms with van der Waals surface area (Å²) in [5.41, 5.74) is 0.727. The van der Waals surface area contributed by atoms with Gasteiger partial charge >= 0.3 is 0 Å². The molecule has 94 valence electrons. The Balaban J connectivity index is 2.40. The fourth-order valence-corrected chi connectivity index (χ4v) is 2.73. The fraction of sp³-hybridized carbons (Fsp3) is 0.500. The Labute approximate surface area is 116 Å². The molecular weight excluding hydrogens is 282 g/mol. The summed E-state index contributed by atoms with van der Waals surface area (Å²) in [6, 6.07) is 5.22. The Morgan fingerprint density at radius 1 is 1.41 bits per heavy atom. The second-order valence-corrected chi connectivity index (χ2v) is 5.19. The summed E-state index contributed by atoms with van der Waals surface area (Å²) < 4.78 is 11.6. The number of benzene rings is 1. The zero-order valence-electron chi connectivity index (χ0n) is 9.38. The van der Waals surface area contributed by atoms with Crippen molar-refractivity contribution < 1.29 is 9.47 Å². The lowest BCUT2D eigenvalue weighted by molar-refractivity contribution is -0.286. The van der Waals surface area contributed by atoms with Gasteiger partial charge in [0.2, 0.25) is 5.79 Å². The molecule has 0 radical (unpaired) electrons. The number of hydrogen-bond donors (Lipinski definition) is 0. The molecule has 1 aromatic carbocycles. The van der Waals surface area contributed by atoms with Crippen LogP contribution in [0.3, 0.4) is 0 Å². The van der Waals surface area contributed by atoms with Gasteiger partial charge in [-0.2, -0.15) is 0 Å². The molecule has 0 aromatic heterocycles. The second-order valence-electron chi connectivity index (χ2n) is 4.08.